The molecule has 0 spiro atoms. The van der Waals surface area contributed by atoms with Gasteiger partial charge in [0.05, 0.1) is 11.1 Å². The van der Waals surface area contributed by atoms with E-state index in [1.165, 1.54) is 27.8 Å². The normalized spacial score (nSPS) is 13.4. The summed E-state index contributed by atoms with van der Waals surface area (Å²) in [4.78, 5) is 37.8. The first kappa shape index (κ1) is 19.7. The van der Waals surface area contributed by atoms with E-state index in [0.717, 1.165) is 34.2 Å². The molecule has 0 atom stereocenters. The third kappa shape index (κ3) is 3.27. The number of thiophene rings is 1. The Kier molecular flexibility index (Phi) is 4.74. The Bertz CT molecular complexity index is 1410. The second kappa shape index (κ2) is 7.46. The van der Waals surface area contributed by atoms with Crippen molar-refractivity contribution >= 4 is 21.6 Å². The van der Waals surface area contributed by atoms with Crippen LogP contribution in [0.1, 0.15) is 34.4 Å². The van der Waals surface area contributed by atoms with Crippen molar-refractivity contribution in [1.82, 2.24) is 19.5 Å². The molecule has 1 aromatic carbocycles. The van der Waals surface area contributed by atoms with Crippen LogP contribution in [0.15, 0.2) is 34.1 Å². The summed E-state index contributed by atoms with van der Waals surface area (Å²) >= 11 is 1.74. The minimum absolute atomic E-state index is 0.372. The number of hydrogen-bond donors (Lipinski definition) is 1. The van der Waals surface area contributed by atoms with Crippen molar-refractivity contribution < 1.29 is 4.74 Å². The molecule has 0 bridgehead atoms. The highest BCUT2D eigenvalue weighted by Crippen LogP contribution is 2.40. The molecule has 0 amide bonds. The lowest BCUT2D eigenvalue weighted by Crippen LogP contribution is -2.31. The molecule has 0 saturated heterocycles. The van der Waals surface area contributed by atoms with Crippen LogP contribution in [0.4, 0.5) is 0 Å². The summed E-state index contributed by atoms with van der Waals surface area (Å²) in [5.74, 6) is 1.24. The number of aromatic amines is 1. The summed E-state index contributed by atoms with van der Waals surface area (Å²) in [6.07, 6.45) is 6.07. The van der Waals surface area contributed by atoms with Crippen LogP contribution in [-0.4, -0.2) is 19.5 Å². The molecule has 8 heteroatoms. The van der Waals surface area contributed by atoms with Crippen LogP contribution in [0.2, 0.25) is 0 Å². The Morgan fingerprint density at radius 2 is 1.94 bits per heavy atom. The number of ether oxygens (including phenoxy) is 1. The van der Waals surface area contributed by atoms with Crippen LogP contribution in [0, 0.1) is 13.8 Å². The molecule has 0 fully saturated rings. The van der Waals surface area contributed by atoms with Crippen molar-refractivity contribution in [3.8, 4) is 22.9 Å². The Morgan fingerprint density at radius 1 is 1.13 bits per heavy atom. The smallest absolute Gasteiger partial charge is 0.328 e. The molecule has 0 radical (unpaired) electrons. The number of hydrogen-bond acceptors (Lipinski definition) is 6. The summed E-state index contributed by atoms with van der Waals surface area (Å²) in [6, 6.07) is 5.64. The molecule has 158 valence electrons. The maximum Gasteiger partial charge on any atom is 0.328 e. The molecule has 0 saturated carbocycles. The van der Waals surface area contributed by atoms with Gasteiger partial charge < -0.3 is 4.74 Å². The zero-order valence-electron chi connectivity index (χ0n) is 17.6. The van der Waals surface area contributed by atoms with Crippen LogP contribution in [0.5, 0.6) is 11.6 Å². The van der Waals surface area contributed by atoms with Gasteiger partial charge in [-0.05, 0) is 68.9 Å². The van der Waals surface area contributed by atoms with E-state index in [0.29, 0.717) is 22.9 Å². The van der Waals surface area contributed by atoms with E-state index in [4.69, 9.17) is 4.74 Å². The second-order valence-electron chi connectivity index (χ2n) is 7.94. The predicted octanol–water partition coefficient (Wildman–Crippen LogP) is 4.03. The molecule has 0 aliphatic heterocycles. The summed E-state index contributed by atoms with van der Waals surface area (Å²) in [5.41, 5.74) is 3.34. The number of fused-ring (bicyclic) bond motifs is 3. The largest absolute Gasteiger partial charge is 0.438 e. The van der Waals surface area contributed by atoms with Gasteiger partial charge in [0, 0.05) is 23.1 Å². The molecule has 3 heterocycles. The minimum Gasteiger partial charge on any atom is -0.438 e. The molecule has 1 aliphatic rings. The van der Waals surface area contributed by atoms with E-state index in [1.54, 1.807) is 31.6 Å². The maximum atomic E-state index is 12.1. The zero-order valence-corrected chi connectivity index (χ0v) is 18.4. The van der Waals surface area contributed by atoms with Gasteiger partial charge in [-0.1, -0.05) is 0 Å². The summed E-state index contributed by atoms with van der Waals surface area (Å²) in [5, 5.41) is 1.02. The van der Waals surface area contributed by atoms with Crippen molar-refractivity contribution in [2.45, 2.75) is 39.5 Å². The number of benzene rings is 1. The number of nitrogens with zero attached hydrogens (tertiary/aromatic N) is 3. The third-order valence-electron chi connectivity index (χ3n) is 5.94. The van der Waals surface area contributed by atoms with Gasteiger partial charge in [-0.25, -0.2) is 14.8 Å². The molecular weight excluding hydrogens is 412 g/mol. The summed E-state index contributed by atoms with van der Waals surface area (Å²) in [6.45, 7) is 3.66. The molecule has 4 aromatic rings. The number of rotatable bonds is 3. The predicted molar refractivity (Wildman–Crippen MR) is 121 cm³/mol. The van der Waals surface area contributed by atoms with Gasteiger partial charge in [0.1, 0.15) is 16.9 Å². The quantitative estimate of drug-likeness (QED) is 0.526. The van der Waals surface area contributed by atoms with Gasteiger partial charge in [-0.2, -0.15) is 0 Å². The topological polar surface area (TPSA) is 89.9 Å². The van der Waals surface area contributed by atoms with E-state index in [9.17, 15) is 9.59 Å². The van der Waals surface area contributed by atoms with Gasteiger partial charge in [-0.15, -0.1) is 11.3 Å². The molecule has 7 nitrogen and oxygen atoms in total. The van der Waals surface area contributed by atoms with E-state index >= 15 is 0 Å². The van der Waals surface area contributed by atoms with E-state index in [1.807, 2.05) is 25.1 Å². The van der Waals surface area contributed by atoms with E-state index in [-0.39, 0.29) is 5.56 Å². The third-order valence-corrected chi connectivity index (χ3v) is 7.14. The monoisotopic (exact) mass is 434 g/mol. The van der Waals surface area contributed by atoms with Crippen molar-refractivity contribution in [1.29, 1.82) is 0 Å². The van der Waals surface area contributed by atoms with Gasteiger partial charge in [0.2, 0.25) is 5.88 Å². The average molecular weight is 435 g/mol. The van der Waals surface area contributed by atoms with Crippen molar-refractivity contribution in [3.63, 3.8) is 0 Å². The van der Waals surface area contributed by atoms with Crippen LogP contribution < -0.4 is 16.0 Å². The van der Waals surface area contributed by atoms with Crippen LogP contribution in [0.25, 0.3) is 21.5 Å². The molecule has 0 unspecified atom stereocenters. The van der Waals surface area contributed by atoms with Crippen molar-refractivity contribution in [2.24, 2.45) is 7.05 Å². The van der Waals surface area contributed by atoms with Gasteiger partial charge in [0.15, 0.2) is 0 Å². The zero-order chi connectivity index (χ0) is 21.7. The first-order valence-electron chi connectivity index (χ1n) is 10.3. The van der Waals surface area contributed by atoms with Crippen LogP contribution in [-0.2, 0) is 19.9 Å². The van der Waals surface area contributed by atoms with Gasteiger partial charge in [0.25, 0.3) is 5.56 Å². The average Bonchev–Trinajstić information content (AvgIpc) is 3.13. The lowest BCUT2D eigenvalue weighted by Gasteiger charge is -2.15. The Balaban J connectivity index is 1.57. The molecule has 1 N–H and O–H groups in total. The molecule has 5 rings (SSSR count). The van der Waals surface area contributed by atoms with E-state index < -0.39 is 5.69 Å². The fraction of sp³-hybridized carbons (Fsp3) is 0.304. The molecule has 1 aliphatic carbocycles. The van der Waals surface area contributed by atoms with Crippen LogP contribution in [0.3, 0.4) is 0 Å². The number of H-pyrrole nitrogens is 1. The van der Waals surface area contributed by atoms with Gasteiger partial charge in [-0.3, -0.25) is 14.3 Å². The van der Waals surface area contributed by atoms with Crippen molar-refractivity contribution in [2.75, 3.05) is 0 Å². The Morgan fingerprint density at radius 3 is 2.74 bits per heavy atom. The second-order valence-corrected chi connectivity index (χ2v) is 9.02. The summed E-state index contributed by atoms with van der Waals surface area (Å²) < 4.78 is 7.68. The lowest BCUT2D eigenvalue weighted by molar-refractivity contribution is 0.467. The standard InChI is InChI=1S/C23H22N4O3S/c1-12-10-14(8-9-15(12)19-13(2)20(28)26-23(29)27(19)3)30-21-18-16-6-4-5-7-17(16)31-22(18)25-11-24-21/h8-11H,4-7H2,1-3H3,(H,26,28,29). The minimum atomic E-state index is -0.434. The molecule has 3 aromatic heterocycles. The lowest BCUT2D eigenvalue weighted by atomic mass is 9.97. The molecule has 31 heavy (non-hydrogen) atoms. The Hall–Kier alpha value is -3.26. The van der Waals surface area contributed by atoms with Crippen LogP contribution >= 0.6 is 11.3 Å². The van der Waals surface area contributed by atoms with E-state index in [2.05, 4.69) is 15.0 Å². The fourth-order valence-corrected chi connectivity index (χ4v) is 5.55. The molecular formula is C23H22N4O3S. The first-order chi connectivity index (χ1) is 14.9. The highest BCUT2D eigenvalue weighted by atomic mass is 32.1. The number of nitrogens with one attached hydrogen (secondary N) is 1. The number of aryl methyl sites for hydroxylation is 3. The summed E-state index contributed by atoms with van der Waals surface area (Å²) in [7, 11) is 1.65. The fourth-order valence-electron chi connectivity index (χ4n) is 4.33. The van der Waals surface area contributed by atoms with Crippen molar-refractivity contribution in [3.05, 3.63) is 66.9 Å². The maximum absolute atomic E-state index is 12.1. The SMILES string of the molecule is Cc1cc(Oc2ncnc3sc4c(c23)CCCC4)ccc1-c1c(C)c(=O)[nH]c(=O)n1C. The highest BCUT2D eigenvalue weighted by molar-refractivity contribution is 7.18. The van der Waals surface area contributed by atoms with Gasteiger partial charge >= 0.3 is 5.69 Å². The first-order valence-corrected chi connectivity index (χ1v) is 11.1. The Labute approximate surface area is 182 Å². The highest BCUT2D eigenvalue weighted by Gasteiger charge is 2.21. The number of aromatic nitrogens is 4.